The number of nitro benzene ring substituents is 1. The molecule has 5 heteroatoms. The zero-order valence-electron chi connectivity index (χ0n) is 10.5. The number of benzene rings is 1. The van der Waals surface area contributed by atoms with Gasteiger partial charge in [0.25, 0.3) is 5.69 Å². The van der Waals surface area contributed by atoms with Crippen LogP contribution < -0.4 is 5.43 Å². The van der Waals surface area contributed by atoms with Crippen LogP contribution in [0.3, 0.4) is 0 Å². The summed E-state index contributed by atoms with van der Waals surface area (Å²) in [5.41, 5.74) is 4.37. The molecule has 0 saturated carbocycles. The van der Waals surface area contributed by atoms with Crippen LogP contribution in [0.5, 0.6) is 0 Å². The molecule has 0 atom stereocenters. The Labute approximate surface area is 107 Å². The maximum absolute atomic E-state index is 10.9. The average molecular weight is 249 g/mol. The predicted molar refractivity (Wildman–Crippen MR) is 70.2 cm³/mol. The fourth-order valence-electron chi connectivity index (χ4n) is 2.30. The van der Waals surface area contributed by atoms with E-state index >= 15 is 0 Å². The lowest BCUT2D eigenvalue weighted by molar-refractivity contribution is -0.385. The molecular formula is C13H19N3O2. The summed E-state index contributed by atoms with van der Waals surface area (Å²) in [5, 5.41) is 13.1. The molecule has 1 N–H and O–H groups in total. The highest BCUT2D eigenvalue weighted by atomic mass is 16.6. The number of piperidine rings is 1. The molecular weight excluding hydrogens is 230 g/mol. The molecule has 1 aromatic rings. The minimum absolute atomic E-state index is 0.220. The van der Waals surface area contributed by atoms with E-state index in [0.717, 1.165) is 25.2 Å². The fraction of sp³-hybridized carbons (Fsp3) is 0.538. The first kappa shape index (κ1) is 13.0. The van der Waals surface area contributed by atoms with Crippen LogP contribution in [0.15, 0.2) is 24.3 Å². The molecule has 0 aliphatic carbocycles. The maximum Gasteiger partial charge on any atom is 0.272 e. The van der Waals surface area contributed by atoms with Crippen LogP contribution in [-0.2, 0) is 6.42 Å². The molecule has 5 nitrogen and oxygen atoms in total. The van der Waals surface area contributed by atoms with Gasteiger partial charge >= 0.3 is 0 Å². The second-order valence-corrected chi connectivity index (χ2v) is 4.59. The molecule has 98 valence electrons. The molecule has 1 aliphatic heterocycles. The Hall–Kier alpha value is -1.46. The van der Waals surface area contributed by atoms with Gasteiger partial charge in [-0.1, -0.05) is 24.6 Å². The molecule has 1 aromatic carbocycles. The van der Waals surface area contributed by atoms with Crippen molar-refractivity contribution in [3.8, 4) is 0 Å². The second-order valence-electron chi connectivity index (χ2n) is 4.59. The quantitative estimate of drug-likeness (QED) is 0.641. The summed E-state index contributed by atoms with van der Waals surface area (Å²) in [6, 6.07) is 6.95. The summed E-state index contributed by atoms with van der Waals surface area (Å²) in [5.74, 6) is 0. The van der Waals surface area contributed by atoms with Crippen molar-refractivity contribution in [2.24, 2.45) is 0 Å². The van der Waals surface area contributed by atoms with E-state index in [1.807, 2.05) is 12.1 Å². The largest absolute Gasteiger partial charge is 0.272 e. The van der Waals surface area contributed by atoms with Crippen LogP contribution >= 0.6 is 0 Å². The lowest BCUT2D eigenvalue weighted by Gasteiger charge is -2.27. The topological polar surface area (TPSA) is 58.4 Å². The van der Waals surface area contributed by atoms with Crippen LogP contribution in [0.1, 0.15) is 24.8 Å². The highest BCUT2D eigenvalue weighted by molar-refractivity contribution is 5.39. The van der Waals surface area contributed by atoms with Crippen molar-refractivity contribution in [2.75, 3.05) is 19.6 Å². The average Bonchev–Trinajstić information content (AvgIpc) is 2.40. The van der Waals surface area contributed by atoms with Crippen LogP contribution in [0.2, 0.25) is 0 Å². The normalized spacial score (nSPS) is 16.7. The lowest BCUT2D eigenvalue weighted by Crippen LogP contribution is -2.42. The Morgan fingerprint density at radius 1 is 1.22 bits per heavy atom. The smallest absolute Gasteiger partial charge is 0.258 e. The number of para-hydroxylation sites is 1. The van der Waals surface area contributed by atoms with E-state index in [4.69, 9.17) is 0 Å². The molecule has 0 aromatic heterocycles. The molecule has 0 bridgehead atoms. The first-order valence-corrected chi connectivity index (χ1v) is 6.48. The minimum Gasteiger partial charge on any atom is -0.258 e. The third-order valence-electron chi connectivity index (χ3n) is 3.27. The van der Waals surface area contributed by atoms with E-state index in [2.05, 4.69) is 10.4 Å². The molecule has 0 radical (unpaired) electrons. The van der Waals surface area contributed by atoms with Gasteiger partial charge in [-0.15, -0.1) is 0 Å². The van der Waals surface area contributed by atoms with Crippen molar-refractivity contribution >= 4 is 5.69 Å². The molecule has 1 aliphatic rings. The van der Waals surface area contributed by atoms with E-state index < -0.39 is 0 Å². The highest BCUT2D eigenvalue weighted by Crippen LogP contribution is 2.17. The predicted octanol–water partition coefficient (Wildman–Crippen LogP) is 2.13. The van der Waals surface area contributed by atoms with Gasteiger partial charge in [-0.2, -0.15) is 0 Å². The Kier molecular flexibility index (Phi) is 4.66. The standard InChI is InChI=1S/C13H19N3O2/c17-16(18)13-7-3-2-6-12(13)8-9-14-15-10-4-1-5-11-15/h2-3,6-7,14H,1,4-5,8-11H2. The van der Waals surface area contributed by atoms with E-state index in [-0.39, 0.29) is 10.6 Å². The molecule has 1 fully saturated rings. The van der Waals surface area contributed by atoms with Gasteiger partial charge < -0.3 is 0 Å². The Balaban J connectivity index is 1.84. The van der Waals surface area contributed by atoms with Crippen LogP contribution in [0.4, 0.5) is 5.69 Å². The first-order valence-electron chi connectivity index (χ1n) is 6.48. The van der Waals surface area contributed by atoms with E-state index in [0.29, 0.717) is 6.42 Å². The van der Waals surface area contributed by atoms with Crippen LogP contribution in [0.25, 0.3) is 0 Å². The molecule has 1 saturated heterocycles. The first-order chi connectivity index (χ1) is 8.77. The van der Waals surface area contributed by atoms with E-state index in [1.54, 1.807) is 12.1 Å². The number of hydrazine groups is 1. The third kappa shape index (κ3) is 3.51. The van der Waals surface area contributed by atoms with Gasteiger partial charge in [-0.05, 0) is 19.3 Å². The van der Waals surface area contributed by atoms with Crippen LogP contribution in [-0.4, -0.2) is 29.6 Å². The van der Waals surface area contributed by atoms with Crippen LogP contribution in [0, 0.1) is 10.1 Å². The Morgan fingerprint density at radius 3 is 2.67 bits per heavy atom. The Morgan fingerprint density at radius 2 is 1.94 bits per heavy atom. The van der Waals surface area contributed by atoms with Gasteiger partial charge in [-0.3, -0.25) is 15.5 Å². The summed E-state index contributed by atoms with van der Waals surface area (Å²) in [6.45, 7) is 2.92. The van der Waals surface area contributed by atoms with Crippen molar-refractivity contribution in [1.82, 2.24) is 10.4 Å². The van der Waals surface area contributed by atoms with Gasteiger partial charge in [-0.25, -0.2) is 5.01 Å². The highest BCUT2D eigenvalue weighted by Gasteiger charge is 2.13. The number of nitrogens with zero attached hydrogens (tertiary/aromatic N) is 2. The van der Waals surface area contributed by atoms with Crippen molar-refractivity contribution in [1.29, 1.82) is 0 Å². The molecule has 0 amide bonds. The number of hydrogen-bond donors (Lipinski definition) is 1. The molecule has 1 heterocycles. The van der Waals surface area contributed by atoms with E-state index in [9.17, 15) is 10.1 Å². The molecule has 18 heavy (non-hydrogen) atoms. The number of nitrogens with one attached hydrogen (secondary N) is 1. The number of nitro groups is 1. The SMILES string of the molecule is O=[N+]([O-])c1ccccc1CCNN1CCCCC1. The van der Waals surface area contributed by atoms with Gasteiger partial charge in [0.05, 0.1) is 4.92 Å². The number of hydrogen-bond acceptors (Lipinski definition) is 4. The third-order valence-corrected chi connectivity index (χ3v) is 3.27. The second kappa shape index (κ2) is 6.47. The Bertz CT molecular complexity index is 403. The zero-order chi connectivity index (χ0) is 12.8. The van der Waals surface area contributed by atoms with Crippen molar-refractivity contribution in [3.63, 3.8) is 0 Å². The van der Waals surface area contributed by atoms with Gasteiger partial charge in [0.2, 0.25) is 0 Å². The number of rotatable bonds is 5. The van der Waals surface area contributed by atoms with Gasteiger partial charge in [0.1, 0.15) is 0 Å². The lowest BCUT2D eigenvalue weighted by atomic mass is 10.1. The van der Waals surface area contributed by atoms with Gasteiger partial charge in [0.15, 0.2) is 0 Å². The summed E-state index contributed by atoms with van der Waals surface area (Å²) in [7, 11) is 0. The van der Waals surface area contributed by atoms with Crippen molar-refractivity contribution in [3.05, 3.63) is 39.9 Å². The maximum atomic E-state index is 10.9. The fourth-order valence-corrected chi connectivity index (χ4v) is 2.30. The van der Waals surface area contributed by atoms with Crippen molar-refractivity contribution < 1.29 is 4.92 Å². The molecule has 2 rings (SSSR count). The monoisotopic (exact) mass is 249 g/mol. The van der Waals surface area contributed by atoms with E-state index in [1.165, 1.54) is 19.3 Å². The molecule has 0 spiro atoms. The summed E-state index contributed by atoms with van der Waals surface area (Å²) in [6.07, 6.45) is 4.47. The summed E-state index contributed by atoms with van der Waals surface area (Å²) >= 11 is 0. The zero-order valence-corrected chi connectivity index (χ0v) is 10.5. The molecule has 0 unspecified atom stereocenters. The summed E-state index contributed by atoms with van der Waals surface area (Å²) in [4.78, 5) is 10.6. The minimum atomic E-state index is -0.309. The van der Waals surface area contributed by atoms with Gasteiger partial charge in [0, 0.05) is 31.3 Å². The summed E-state index contributed by atoms with van der Waals surface area (Å²) < 4.78 is 0. The van der Waals surface area contributed by atoms with Crippen molar-refractivity contribution in [2.45, 2.75) is 25.7 Å².